The van der Waals surface area contributed by atoms with Crippen LogP contribution in [-0.2, 0) is 32.5 Å². The Bertz CT molecular complexity index is 9010. The summed E-state index contributed by atoms with van der Waals surface area (Å²) in [4.78, 5) is 10.4. The van der Waals surface area contributed by atoms with Gasteiger partial charge in [-0.1, -0.05) is 418 Å². The molecule has 7 aliphatic rings. The Hall–Kier alpha value is -15.7. The molecule has 0 N–H and O–H groups in total. The van der Waals surface area contributed by atoms with Crippen LogP contribution in [0.2, 0.25) is 0 Å². The summed E-state index contributed by atoms with van der Waals surface area (Å²) in [5, 5.41) is -0.0144. The van der Waals surface area contributed by atoms with Crippen LogP contribution in [-0.4, -0.2) is 18.0 Å². The third-order valence-electron chi connectivity index (χ3n) is 31.9. The summed E-state index contributed by atoms with van der Waals surface area (Å²) in [6.07, 6.45) is 0. The topological polar surface area (TPSA) is 17.9 Å². The highest BCUT2D eigenvalue weighted by molar-refractivity contribution is 7.03. The Balaban J connectivity index is 0.874. The van der Waals surface area contributed by atoms with E-state index in [-0.39, 0.29) is 44.7 Å². The first-order valence-electron chi connectivity index (χ1n) is 53.9. The largest absolute Gasteiger partial charge is 0.311 e. The number of fused-ring (bicyclic) bond motifs is 27. The first-order chi connectivity index (χ1) is 71.6. The highest BCUT2D eigenvalue weighted by Crippen LogP contribution is 2.67. The molecule has 0 atom stereocenters. The van der Waals surface area contributed by atoms with E-state index in [2.05, 4.69) is 474 Å². The second kappa shape index (κ2) is 30.4. The zero-order valence-corrected chi connectivity index (χ0v) is 82.0. The first-order valence-corrected chi connectivity index (χ1v) is 49.9. The van der Waals surface area contributed by atoms with Gasteiger partial charge in [0.05, 0.1) is 44.5 Å². The number of hydrogen-bond donors (Lipinski definition) is 0. The summed E-state index contributed by atoms with van der Waals surface area (Å²) in [5.74, 6) is 0. The maximum Gasteiger partial charge on any atom is 0.252 e. The van der Waals surface area contributed by atoms with Gasteiger partial charge in [-0.05, 0) is 251 Å². The van der Waals surface area contributed by atoms with Gasteiger partial charge < -0.3 is 24.2 Å². The lowest BCUT2D eigenvalue weighted by atomic mass is 9.30. The van der Waals surface area contributed by atoms with Crippen molar-refractivity contribution < 1.29 is 11.0 Å². The van der Waals surface area contributed by atoms with Crippen molar-refractivity contribution in [3.05, 3.63) is 462 Å². The molecule has 0 unspecified atom stereocenters. The van der Waals surface area contributed by atoms with E-state index >= 15 is 0 Å². The molecule has 6 bridgehead atoms. The lowest BCUT2D eigenvalue weighted by Crippen LogP contribution is -2.65. The van der Waals surface area contributed by atoms with E-state index in [1.165, 1.54) is 50.1 Å². The van der Waals surface area contributed by atoms with Crippen molar-refractivity contribution in [2.24, 2.45) is 0 Å². The van der Waals surface area contributed by atoms with Crippen LogP contribution in [0, 0.1) is 0 Å². The summed E-state index contributed by atoms with van der Waals surface area (Å²) in [5.41, 5.74) is 41.7. The first kappa shape index (κ1) is 76.3. The summed E-state index contributed by atoms with van der Waals surface area (Å²) in [7, 11) is 0. The number of para-hydroxylation sites is 5. The van der Waals surface area contributed by atoms with Crippen molar-refractivity contribution >= 4 is 136 Å². The fourth-order valence-electron chi connectivity index (χ4n) is 25.4. The fraction of sp³-hybridized carbons (Fsp3) is 0.149. The van der Waals surface area contributed by atoms with E-state index in [1.54, 1.807) is 4.57 Å². The highest BCUT2D eigenvalue weighted by atomic mass is 15.2. The molecular weight excluding hydrogens is 1700 g/mol. The predicted octanol–water partition coefficient (Wildman–Crippen LogP) is 31.5. The highest BCUT2D eigenvalue weighted by Gasteiger charge is 2.56. The molecule has 1 aromatic heterocycles. The third kappa shape index (κ3) is 12.3. The lowest BCUT2D eigenvalue weighted by molar-refractivity contribution is 0.547. The van der Waals surface area contributed by atoms with Crippen molar-refractivity contribution in [3.8, 4) is 83.6 Å². The normalized spacial score (nSPS) is 15.3. The van der Waals surface area contributed by atoms with Crippen molar-refractivity contribution in [3.63, 3.8) is 0 Å². The van der Waals surface area contributed by atoms with Crippen molar-refractivity contribution in [2.45, 2.75) is 129 Å². The van der Waals surface area contributed by atoms with Crippen LogP contribution in [0.4, 0.5) is 68.2 Å². The minimum Gasteiger partial charge on any atom is -0.311 e. The molecule has 20 aromatic rings. The molecule has 141 heavy (non-hydrogen) atoms. The Labute approximate surface area is 840 Å². The van der Waals surface area contributed by atoms with E-state index < -0.39 is 71.3 Å². The zero-order chi connectivity index (χ0) is 103. The monoisotopic (exact) mass is 1820 g/mol. The van der Waals surface area contributed by atoms with Crippen molar-refractivity contribution in [1.29, 1.82) is 0 Å². The van der Waals surface area contributed by atoms with E-state index in [9.17, 15) is 11.0 Å². The summed E-state index contributed by atoms with van der Waals surface area (Å²) in [6, 6.07) is 132. The van der Waals surface area contributed by atoms with E-state index in [1.807, 2.05) is 0 Å². The number of hydrogen-bond acceptors (Lipinski definition) is 4. The third-order valence-corrected chi connectivity index (χ3v) is 31.9. The smallest absolute Gasteiger partial charge is 0.252 e. The number of nitrogens with zero attached hydrogens (tertiary/aromatic N) is 5. The van der Waals surface area contributed by atoms with Crippen LogP contribution in [0.5, 0.6) is 0 Å². The molecule has 19 aromatic carbocycles. The van der Waals surface area contributed by atoms with Gasteiger partial charge in [-0.3, -0.25) is 0 Å². The van der Waals surface area contributed by atoms with Gasteiger partial charge in [-0.2, -0.15) is 0 Å². The molecule has 5 nitrogen and oxygen atoms in total. The molecule has 1 spiro atoms. The fourth-order valence-corrected chi connectivity index (χ4v) is 25.4. The van der Waals surface area contributed by atoms with Gasteiger partial charge in [-0.25, -0.2) is 0 Å². The molecule has 0 amide bonds. The second-order valence-electron chi connectivity index (χ2n) is 44.4. The molecular formula is C134H109B2N5. The molecule has 0 saturated carbocycles. The van der Waals surface area contributed by atoms with Crippen LogP contribution in [0.25, 0.3) is 105 Å². The van der Waals surface area contributed by atoms with Crippen LogP contribution in [0.1, 0.15) is 164 Å². The van der Waals surface area contributed by atoms with Crippen molar-refractivity contribution in [1.82, 2.24) is 4.57 Å². The van der Waals surface area contributed by atoms with Crippen LogP contribution in [0.15, 0.2) is 406 Å². The van der Waals surface area contributed by atoms with Crippen LogP contribution in [0.3, 0.4) is 0 Å². The maximum atomic E-state index is 10.5. The van der Waals surface area contributed by atoms with Gasteiger partial charge in [0.15, 0.2) is 0 Å². The minimum absolute atomic E-state index is 0.00722. The number of aromatic nitrogens is 1. The van der Waals surface area contributed by atoms with Crippen LogP contribution < -0.4 is 52.4 Å². The van der Waals surface area contributed by atoms with Gasteiger partial charge in [0, 0.05) is 95.3 Å². The van der Waals surface area contributed by atoms with Crippen LogP contribution >= 0.6 is 0 Å². The summed E-state index contributed by atoms with van der Waals surface area (Å²) < 4.78 is 81.8. The number of anilines is 12. The Morgan fingerprint density at radius 2 is 0.652 bits per heavy atom. The quantitative estimate of drug-likeness (QED) is 0.141. The molecule has 0 radical (unpaired) electrons. The van der Waals surface area contributed by atoms with Gasteiger partial charge in [0.1, 0.15) is 0 Å². The average molecular weight is 1820 g/mol. The predicted molar refractivity (Wildman–Crippen MR) is 599 cm³/mol. The zero-order valence-electron chi connectivity index (χ0n) is 90.0. The van der Waals surface area contributed by atoms with Gasteiger partial charge in [0.2, 0.25) is 0 Å². The number of rotatable bonds is 8. The maximum absolute atomic E-state index is 10.5. The second-order valence-corrected chi connectivity index (χ2v) is 44.4. The molecule has 2 aliphatic carbocycles. The Morgan fingerprint density at radius 1 is 0.262 bits per heavy atom. The Kier molecular flexibility index (Phi) is 16.5. The molecule has 7 heteroatoms. The summed E-state index contributed by atoms with van der Waals surface area (Å²) >= 11 is 0. The van der Waals surface area contributed by atoms with Crippen molar-refractivity contribution in [2.75, 3.05) is 19.6 Å². The molecule has 0 fully saturated rings. The van der Waals surface area contributed by atoms with Gasteiger partial charge in [-0.15, -0.1) is 0 Å². The Morgan fingerprint density at radius 3 is 1.17 bits per heavy atom. The number of benzene rings is 19. The van der Waals surface area contributed by atoms with Gasteiger partial charge >= 0.3 is 0 Å². The van der Waals surface area contributed by atoms with E-state index in [0.29, 0.717) is 5.69 Å². The van der Waals surface area contributed by atoms with Gasteiger partial charge in [0.25, 0.3) is 13.4 Å². The average Bonchev–Trinajstić information content (AvgIpc) is 0.702. The van der Waals surface area contributed by atoms with E-state index in [4.69, 9.17) is 0 Å². The summed E-state index contributed by atoms with van der Waals surface area (Å²) in [6.45, 7) is 31.8. The molecule has 5 aliphatic heterocycles. The molecule has 0 saturated heterocycles. The molecule has 6 heterocycles. The van der Waals surface area contributed by atoms with E-state index in [0.717, 1.165) is 184 Å². The standard InChI is InChI=1S/C134H109B2N5/c1-129(2,3)87-71-88(130(4,5)6)74-91(73-87)138-114-67-39-35-63-108(114)135-111-80-110-116-81-117(111)141(121-78-93(77-120(138)126(121)135)137-112-65-37-30-54-100(112)101-55-31-38-66-113(101)137)128-103(84-47-23-17-24-48-84)79-107(132(10,11)12)124(122(128)85-49-25-18-26-50-85)133(13,14)90-72-89(131(7,8)9)75-92(76-90)139(116)118-69-86(94-56-41-59-102-99-53-29-34-62-106(99)134(123(94)102)104-60-32-27-51-97(104)98-52-28-33-61-105(98)134)70-119-125(118)136(110)109-64-36-40-68-115(109)140(119)127-95(82-43-19-15-20-44-82)57-42-58-96(127)83-45-21-16-22-46-83/h15-81H,1-14H3/i30D,31D,37D,38D,54D,55D,65D,66D. The molecule has 27 rings (SSSR count). The SMILES string of the molecule is [2H]c1c([2H])c([2H])c2c(c1[2H])c1c([2H])c([2H])c([2H])c([2H])c1n2-c1cc2c3c(c1)N1c4cc5c(cc4B3c3ccccc3N2c2cc(C(C)(C)C)cc(C(C)(C)C)c2)B2c3ccccc3N(c3c(-c4ccccc4)cccc3-c3ccccc3)c3cc(-c4cccc6c4C4(c7ccccc7-c7ccccc74)c4ccccc4-6)cc(c32)N5c2cc(C(C)(C)C)cc(c2)C(C)(C)c2c(C(C)(C)C)cc(-c3ccccc3)c1c2-c1ccccc1. The lowest BCUT2D eigenvalue weighted by Gasteiger charge is -2.49. The molecule has 676 valence electrons. The minimum atomic E-state index is -0.911.